The molecule has 0 N–H and O–H groups in total. The molecule has 0 saturated carbocycles. The molecule has 0 fully saturated rings. The molecule has 25 heteroatoms. The zero-order valence-corrected chi connectivity index (χ0v) is 25.4. The Morgan fingerprint density at radius 1 is 0.400 bits per heavy atom. The lowest BCUT2D eigenvalue weighted by Crippen LogP contribution is -1.58. The summed E-state index contributed by atoms with van der Waals surface area (Å²) < 4.78 is 28.8. The molecule has 0 aliphatic carbocycles. The van der Waals surface area contributed by atoms with Crippen LogP contribution < -0.4 is 0 Å². The summed E-state index contributed by atoms with van der Waals surface area (Å²) in [6.45, 7) is 0. The molecule has 0 unspecified atom stereocenters. The van der Waals surface area contributed by atoms with Gasteiger partial charge in [-0.15, -0.1) is 0 Å². The van der Waals surface area contributed by atoms with E-state index in [1.165, 1.54) is 0 Å². The molecule has 0 aromatic rings. The lowest BCUT2D eigenvalue weighted by Gasteiger charge is -2.12. The van der Waals surface area contributed by atoms with Crippen LogP contribution in [0.4, 0.5) is 0 Å². The van der Waals surface area contributed by atoms with Crippen LogP contribution in [0.1, 0.15) is 0 Å². The fourth-order valence-electron chi connectivity index (χ4n) is 0.707. The molecule has 0 bridgehead atoms. The Bertz CT molecular complexity index is 809. The average Bonchev–Trinajstić information content (AvgIpc) is 1.97. The van der Waals surface area contributed by atoms with Gasteiger partial charge in [0, 0.05) is 0 Å². The van der Waals surface area contributed by atoms with Gasteiger partial charge in [-0.25, -0.2) is 0 Å². The van der Waals surface area contributed by atoms with E-state index in [4.69, 9.17) is 146 Å². The smallest absolute Gasteiger partial charge is 0.262 e. The van der Waals surface area contributed by atoms with Gasteiger partial charge in [-0.2, -0.15) is 22.6 Å². The Kier molecular flexibility index (Phi) is 13.1. The van der Waals surface area contributed by atoms with Gasteiger partial charge in [0.05, 0.1) is 0 Å². The number of hydrogen-bond acceptors (Lipinski definition) is 1. The SMILES string of the molecule is O=P(Cl)(Cl)N=P(Cl)(Cl)N=P(Cl)(Cl)N=P(Cl)(Cl)N=P(Cl)(Cl)N=P(Cl)(Cl)Cl. The van der Waals surface area contributed by atoms with Gasteiger partial charge in [-0.05, 0) is 146 Å². The molecule has 0 spiro atoms. The molecular formula is Cl13N5OP6. The predicted octanol–water partition coefficient (Wildman–Crippen LogP) is 14.9. The Balaban J connectivity index is 6.37. The highest BCUT2D eigenvalue weighted by Crippen LogP contribution is 2.86. The summed E-state index contributed by atoms with van der Waals surface area (Å²) in [6, 6.07) is 0. The topological polar surface area (TPSA) is 78.9 Å². The van der Waals surface area contributed by atoms with E-state index in [2.05, 4.69) is 22.6 Å². The Morgan fingerprint density at radius 3 is 0.880 bits per heavy atom. The van der Waals surface area contributed by atoms with E-state index in [-0.39, 0.29) is 0 Å². The second-order valence-electron chi connectivity index (χ2n) is 3.12. The van der Waals surface area contributed by atoms with E-state index < -0.39 is 34.8 Å². The summed E-state index contributed by atoms with van der Waals surface area (Å²) in [7, 11) is 0. The van der Waals surface area contributed by atoms with Crippen molar-refractivity contribution in [2.45, 2.75) is 0 Å². The van der Waals surface area contributed by atoms with Gasteiger partial charge >= 0.3 is 6.00 Å². The summed E-state index contributed by atoms with van der Waals surface area (Å²) >= 11 is 73.8. The van der Waals surface area contributed by atoms with Gasteiger partial charge in [0.15, 0.2) is 0 Å². The van der Waals surface area contributed by atoms with E-state index in [9.17, 15) is 4.57 Å². The molecule has 25 heavy (non-hydrogen) atoms. The molecular weight excluding hydrogens is 733 g/mol. The van der Waals surface area contributed by atoms with Crippen molar-refractivity contribution in [2.24, 2.45) is 22.6 Å². The van der Waals surface area contributed by atoms with Crippen molar-refractivity contribution < 1.29 is 4.57 Å². The van der Waals surface area contributed by atoms with E-state index >= 15 is 0 Å². The lowest BCUT2D eigenvalue weighted by atomic mass is 13.9. The summed E-state index contributed by atoms with van der Waals surface area (Å²) in [5, 5.41) is -3.33. The van der Waals surface area contributed by atoms with Crippen LogP contribution in [0.25, 0.3) is 0 Å². The summed E-state index contributed by atoms with van der Waals surface area (Å²) in [6.07, 6.45) is 0. The van der Waals surface area contributed by atoms with Crippen molar-refractivity contribution in [1.29, 1.82) is 0 Å². The molecule has 0 amide bonds. The number of rotatable bonds is 5. The fourth-order valence-corrected chi connectivity index (χ4v) is 33.0. The Labute approximate surface area is 205 Å². The van der Waals surface area contributed by atoms with Crippen LogP contribution in [-0.4, -0.2) is 0 Å². The number of halogens is 13. The second-order valence-corrected chi connectivity index (χ2v) is 34.7. The molecule has 0 rings (SSSR count). The van der Waals surface area contributed by atoms with Gasteiger partial charge < -0.3 is 0 Å². The maximum Gasteiger partial charge on any atom is 0.366 e. The lowest BCUT2D eigenvalue weighted by molar-refractivity contribution is 0.594. The molecule has 0 aromatic carbocycles. The van der Waals surface area contributed by atoms with Gasteiger partial charge in [-0.1, -0.05) is 0 Å². The standard InChI is InChI=1S/Cl13N5OP6/c1-20(2,3)14-21(4,5)15-22(6,7)16-23(8,9)17-24(10,11)18-25(12,13)19. The van der Waals surface area contributed by atoms with E-state index in [1.807, 2.05) is 0 Å². The molecule has 152 valence electrons. The Hall–Kier alpha value is 5.15. The number of nitrogens with zero attached hydrogens (tertiary/aromatic N) is 5. The summed E-state index contributed by atoms with van der Waals surface area (Å²) in [5.74, 6) is -19.0. The van der Waals surface area contributed by atoms with Crippen molar-refractivity contribution in [3.8, 4) is 0 Å². The summed E-state index contributed by atoms with van der Waals surface area (Å²) in [5.41, 5.74) is 0. The van der Waals surface area contributed by atoms with Crippen molar-refractivity contribution in [2.75, 3.05) is 0 Å². The normalized spacial score (nSPS) is 14.8. The van der Waals surface area contributed by atoms with Crippen molar-refractivity contribution in [1.82, 2.24) is 0 Å². The maximum atomic E-state index is 11.2. The third-order valence-corrected chi connectivity index (χ3v) is 22.4. The minimum Gasteiger partial charge on any atom is -0.262 e. The molecule has 0 radical (unpaired) electrons. The van der Waals surface area contributed by atoms with Crippen LogP contribution in [0.2, 0.25) is 0 Å². The first-order valence-electron chi connectivity index (χ1n) is 4.38. The molecule has 0 saturated heterocycles. The third kappa shape index (κ3) is 17.4. The zero-order valence-electron chi connectivity index (χ0n) is 10.2. The van der Waals surface area contributed by atoms with Crippen molar-refractivity contribution in [3.63, 3.8) is 0 Å². The molecule has 0 aliphatic heterocycles. The van der Waals surface area contributed by atoms with Gasteiger partial charge in [0.2, 0.25) is 5.11 Å². The van der Waals surface area contributed by atoms with Crippen molar-refractivity contribution in [3.05, 3.63) is 0 Å². The van der Waals surface area contributed by atoms with E-state index in [1.54, 1.807) is 0 Å². The molecule has 6 nitrogen and oxygen atoms in total. The van der Waals surface area contributed by atoms with E-state index in [0.29, 0.717) is 0 Å². The van der Waals surface area contributed by atoms with Gasteiger partial charge in [-0.3, -0.25) is 4.57 Å². The highest BCUT2D eigenvalue weighted by Gasteiger charge is 2.28. The van der Waals surface area contributed by atoms with Crippen LogP contribution in [0, 0.1) is 0 Å². The fraction of sp³-hybridized carbons (Fsp3) is 0. The quantitative estimate of drug-likeness (QED) is 0.259. The minimum absolute atomic E-state index is 3.22. The molecule has 0 aliphatic rings. The second kappa shape index (κ2) is 10.8. The highest BCUT2D eigenvalue weighted by molar-refractivity contribution is 8.30. The largest absolute Gasteiger partial charge is 0.366 e. The Morgan fingerprint density at radius 2 is 0.640 bits per heavy atom. The monoisotopic (exact) mass is 726 g/mol. The van der Waals surface area contributed by atoms with Gasteiger partial charge in [0.25, 0.3) is 23.6 Å². The molecule has 0 heterocycles. The molecule has 0 aromatic heterocycles. The van der Waals surface area contributed by atoms with Crippen LogP contribution in [0.3, 0.4) is 0 Å². The van der Waals surface area contributed by atoms with E-state index in [0.717, 1.165) is 0 Å². The minimum atomic E-state index is -4.03. The first-order valence-corrected chi connectivity index (χ1v) is 26.3. The summed E-state index contributed by atoms with van der Waals surface area (Å²) in [4.78, 5) is 0. The molecule has 0 atom stereocenters. The first kappa shape index (κ1) is 30.1. The van der Waals surface area contributed by atoms with Crippen LogP contribution in [-0.2, 0) is 4.57 Å². The maximum absolute atomic E-state index is 11.2. The van der Waals surface area contributed by atoms with Crippen LogP contribution >= 0.6 is 181 Å². The van der Waals surface area contributed by atoms with Crippen LogP contribution in [0.5, 0.6) is 0 Å². The van der Waals surface area contributed by atoms with Gasteiger partial charge in [0.1, 0.15) is 0 Å². The first-order chi connectivity index (χ1) is 10.5. The average molecular weight is 733 g/mol. The highest BCUT2D eigenvalue weighted by atomic mass is 36.0. The van der Waals surface area contributed by atoms with Crippen LogP contribution in [0.15, 0.2) is 22.6 Å². The van der Waals surface area contributed by atoms with Crippen molar-refractivity contribution >= 4 is 181 Å². The third-order valence-electron chi connectivity index (χ3n) is 1.07. The predicted molar refractivity (Wildman–Crippen MR) is 130 cm³/mol. The zero-order chi connectivity index (χ0) is 20.5. The number of hydrogen-bond donors (Lipinski definition) is 0.